The largest absolute Gasteiger partial charge is 0.478 e. The Balaban J connectivity index is 2.96. The number of nitrogens with one attached hydrogen (secondary N) is 6. The van der Waals surface area contributed by atoms with Gasteiger partial charge >= 0.3 is 11.9 Å². The molecule has 0 aromatic heterocycles. The monoisotopic (exact) mass is 646 g/mol. The molecule has 0 heterocycles. The molecular weight excluding hydrogens is 596 g/mol. The van der Waals surface area contributed by atoms with Gasteiger partial charge in [-0.3, -0.25) is 20.4 Å². The van der Waals surface area contributed by atoms with Gasteiger partial charge in [-0.25, -0.2) is 20.4 Å². The lowest BCUT2D eigenvalue weighted by Gasteiger charge is -2.23. The second-order valence-corrected chi connectivity index (χ2v) is 11.9. The van der Waals surface area contributed by atoms with Crippen molar-refractivity contribution in [1.82, 2.24) is 41.3 Å². The third-order valence-electron chi connectivity index (χ3n) is 6.84. The minimum Gasteiger partial charge on any atom is -0.478 e. The number of hydrogen-bond acceptors (Lipinski definition) is 12. The Bertz CT molecular complexity index is 1380. The number of hydrazine groups is 2. The molecule has 0 bridgehead atoms. The second kappa shape index (κ2) is 18.2. The summed E-state index contributed by atoms with van der Waals surface area (Å²) in [4.78, 5) is 61.0. The second-order valence-electron chi connectivity index (χ2n) is 11.9. The molecule has 0 saturated carbocycles. The number of aromatic carboxylic acids is 2. The summed E-state index contributed by atoms with van der Waals surface area (Å²) in [6, 6.07) is 2.61. The van der Waals surface area contributed by atoms with E-state index < -0.39 is 23.8 Å². The van der Waals surface area contributed by atoms with E-state index in [-0.39, 0.29) is 44.4 Å². The van der Waals surface area contributed by atoms with Gasteiger partial charge in [-0.15, -0.1) is 0 Å². The minimum absolute atomic E-state index is 0.0117. The van der Waals surface area contributed by atoms with Gasteiger partial charge in [0.05, 0.1) is 27.9 Å². The van der Waals surface area contributed by atoms with E-state index in [1.165, 1.54) is 12.1 Å². The van der Waals surface area contributed by atoms with Crippen LogP contribution >= 0.6 is 0 Å². The van der Waals surface area contributed by atoms with Crippen LogP contribution in [0.15, 0.2) is 12.1 Å². The van der Waals surface area contributed by atoms with E-state index in [4.69, 9.17) is 0 Å². The highest BCUT2D eigenvalue weighted by Gasteiger charge is 2.31. The van der Waals surface area contributed by atoms with Crippen LogP contribution in [-0.2, 0) is 0 Å². The van der Waals surface area contributed by atoms with Gasteiger partial charge in [0.2, 0.25) is 0 Å². The van der Waals surface area contributed by atoms with Gasteiger partial charge in [0.1, 0.15) is 0 Å². The van der Waals surface area contributed by atoms with Crippen molar-refractivity contribution >= 4 is 45.9 Å². The zero-order chi connectivity index (χ0) is 34.6. The van der Waals surface area contributed by atoms with E-state index in [2.05, 4.69) is 32.3 Å². The summed E-state index contributed by atoms with van der Waals surface area (Å²) in [5, 5.41) is 26.8. The molecule has 2 aromatic rings. The van der Waals surface area contributed by atoms with Crippen LogP contribution in [0.25, 0.3) is 10.8 Å². The van der Waals surface area contributed by atoms with Gasteiger partial charge in [0.15, 0.2) is 0 Å². The smallest absolute Gasteiger partial charge is 0.338 e. The maximum atomic E-state index is 13.8. The molecule has 0 radical (unpaired) electrons. The number of nitrogens with zero attached hydrogens (tertiary/aromatic N) is 4. The lowest BCUT2D eigenvalue weighted by molar-refractivity contribution is 0.0684. The number of likely N-dealkylation sites (N-methyl/N-ethyl adjacent to an activating group) is 4. The number of anilines is 2. The first kappa shape index (κ1) is 38.1. The zero-order valence-electron chi connectivity index (χ0n) is 28.1. The van der Waals surface area contributed by atoms with Gasteiger partial charge in [-0.05, 0) is 68.5 Å². The molecule has 0 unspecified atom stereocenters. The first-order chi connectivity index (χ1) is 21.6. The van der Waals surface area contributed by atoms with Gasteiger partial charge in [0.25, 0.3) is 11.8 Å². The molecule has 2 rings (SSSR count). The zero-order valence-corrected chi connectivity index (χ0v) is 28.1. The summed E-state index contributed by atoms with van der Waals surface area (Å²) in [5.41, 5.74) is 10.2. The molecule has 0 aliphatic heterocycles. The van der Waals surface area contributed by atoms with Gasteiger partial charge in [0, 0.05) is 68.8 Å². The number of rotatable bonds is 20. The molecule has 2 aromatic carbocycles. The van der Waals surface area contributed by atoms with Gasteiger partial charge in [-0.1, -0.05) is 0 Å². The first-order valence-corrected chi connectivity index (χ1v) is 14.9. The normalized spacial score (nSPS) is 11.5. The molecule has 16 nitrogen and oxygen atoms in total. The fraction of sp³-hybridized carbons (Fsp3) is 0.533. The Morgan fingerprint density at radius 2 is 0.935 bits per heavy atom. The summed E-state index contributed by atoms with van der Waals surface area (Å²) >= 11 is 0. The molecule has 0 fully saturated rings. The van der Waals surface area contributed by atoms with Crippen LogP contribution in [0.4, 0.5) is 11.4 Å². The average Bonchev–Trinajstić information content (AvgIpc) is 2.95. The van der Waals surface area contributed by atoms with Crippen molar-refractivity contribution in [1.29, 1.82) is 0 Å². The Hall–Kier alpha value is -4.06. The highest BCUT2D eigenvalue weighted by molar-refractivity contribution is 6.27. The molecule has 0 atom stereocenters. The Morgan fingerprint density at radius 1 is 0.543 bits per heavy atom. The number of carboxylic acids is 2. The fourth-order valence-corrected chi connectivity index (χ4v) is 4.52. The Labute approximate surface area is 270 Å². The molecule has 256 valence electrons. The first-order valence-electron chi connectivity index (χ1n) is 14.9. The highest BCUT2D eigenvalue weighted by atomic mass is 16.4. The van der Waals surface area contributed by atoms with Crippen LogP contribution in [-0.4, -0.2) is 162 Å². The lowest BCUT2D eigenvalue weighted by Crippen LogP contribution is -2.42. The van der Waals surface area contributed by atoms with Crippen molar-refractivity contribution < 1.29 is 29.4 Å². The molecular formula is C30H50N10O6. The van der Waals surface area contributed by atoms with Crippen LogP contribution in [0, 0.1) is 0 Å². The fourth-order valence-electron chi connectivity index (χ4n) is 4.52. The molecule has 0 spiro atoms. The molecule has 0 aliphatic carbocycles. The number of fused-ring (bicyclic) bond motifs is 1. The third-order valence-corrected chi connectivity index (χ3v) is 6.84. The molecule has 0 saturated heterocycles. The van der Waals surface area contributed by atoms with Gasteiger partial charge in [-0.2, -0.15) is 0 Å². The Morgan fingerprint density at radius 3 is 1.37 bits per heavy atom. The molecule has 16 heteroatoms. The van der Waals surface area contributed by atoms with Crippen LogP contribution < -0.4 is 32.3 Å². The maximum Gasteiger partial charge on any atom is 0.338 e. The number of carbonyl (C=O) groups is 4. The predicted molar refractivity (Wildman–Crippen MR) is 180 cm³/mol. The maximum absolute atomic E-state index is 13.8. The van der Waals surface area contributed by atoms with E-state index in [1.54, 1.807) is 0 Å². The molecule has 2 amide bonds. The standard InChI is InChI=1S/C30H50N10O6/c1-37(2)13-9-31-21-17-19(27(41)35-33-11-15-39(5)6)23-24(25(21)28(42)36-34-12-16-40(7)8)20(29(43)44)18-22(26(23)30(45)46)32-10-14-38(3)4/h17-18,31-34H,9-16H2,1-8H3,(H,35,41)(H,36,42)(H,43,44)(H,45,46). The molecule has 46 heavy (non-hydrogen) atoms. The molecule has 8 N–H and O–H groups in total. The van der Waals surface area contributed by atoms with Gasteiger partial charge < -0.3 is 40.4 Å². The summed E-state index contributed by atoms with van der Waals surface area (Å²) in [7, 11) is 14.9. The Kier molecular flexibility index (Phi) is 15.1. The van der Waals surface area contributed by atoms with Crippen LogP contribution in [0.3, 0.4) is 0 Å². The average molecular weight is 647 g/mol. The van der Waals surface area contributed by atoms with Crippen molar-refractivity contribution in [3.05, 3.63) is 34.4 Å². The van der Waals surface area contributed by atoms with E-state index in [0.717, 1.165) is 0 Å². The third kappa shape index (κ3) is 11.1. The SMILES string of the molecule is CN(C)CCNNC(=O)c1cc(NCCN(C)C)c(C(=O)NNCCN(C)C)c2c(C(=O)O)cc(NCCN(C)C)c(C(=O)O)c12. The summed E-state index contributed by atoms with van der Waals surface area (Å²) in [5.74, 6) is -4.18. The molecule has 0 aliphatic rings. The highest BCUT2D eigenvalue weighted by Crippen LogP contribution is 2.38. The lowest BCUT2D eigenvalue weighted by atomic mass is 9.88. The number of hydrogen-bond donors (Lipinski definition) is 8. The number of amides is 2. The summed E-state index contributed by atoms with van der Waals surface area (Å²) in [6.45, 7) is 3.66. The number of benzene rings is 2. The van der Waals surface area contributed by atoms with E-state index >= 15 is 0 Å². The van der Waals surface area contributed by atoms with Crippen LogP contribution in [0.5, 0.6) is 0 Å². The van der Waals surface area contributed by atoms with Crippen molar-refractivity contribution in [2.24, 2.45) is 0 Å². The van der Waals surface area contributed by atoms with Crippen molar-refractivity contribution in [3.63, 3.8) is 0 Å². The number of carbonyl (C=O) groups excluding carboxylic acids is 2. The summed E-state index contributed by atoms with van der Waals surface area (Å²) < 4.78 is 0. The van der Waals surface area contributed by atoms with E-state index in [9.17, 15) is 29.4 Å². The predicted octanol–water partition coefficient (Wildman–Crippen LogP) is -0.225. The van der Waals surface area contributed by atoms with E-state index in [0.29, 0.717) is 52.4 Å². The quantitative estimate of drug-likeness (QED) is 0.0695. The minimum atomic E-state index is -1.40. The van der Waals surface area contributed by atoms with Crippen LogP contribution in [0.1, 0.15) is 41.4 Å². The number of carboxylic acid groups (broad SMARTS) is 2. The van der Waals surface area contributed by atoms with Crippen LogP contribution in [0.2, 0.25) is 0 Å². The topological polar surface area (TPSA) is 194 Å². The van der Waals surface area contributed by atoms with Crippen molar-refractivity contribution in [2.45, 2.75) is 0 Å². The summed E-state index contributed by atoms with van der Waals surface area (Å²) in [6.07, 6.45) is 0. The van der Waals surface area contributed by atoms with E-state index in [1.807, 2.05) is 76.0 Å². The van der Waals surface area contributed by atoms with Crippen molar-refractivity contribution in [3.8, 4) is 0 Å². The van der Waals surface area contributed by atoms with Crippen molar-refractivity contribution in [2.75, 3.05) is 119 Å².